The Balaban J connectivity index is 2.37. The van der Waals surface area contributed by atoms with Gasteiger partial charge in [-0.3, -0.25) is 4.79 Å². The zero-order valence-electron chi connectivity index (χ0n) is 11.8. The first kappa shape index (κ1) is 16.3. The summed E-state index contributed by atoms with van der Waals surface area (Å²) in [7, 11) is 0. The fourth-order valence-corrected chi connectivity index (χ4v) is 2.06. The summed E-state index contributed by atoms with van der Waals surface area (Å²) in [6, 6.07) is 0. The predicted octanol–water partition coefficient (Wildman–Crippen LogP) is 1.93. The highest BCUT2D eigenvalue weighted by atomic mass is 16.7. The molecule has 2 unspecified atom stereocenters. The first-order valence-electron chi connectivity index (χ1n) is 6.67. The molecule has 0 aromatic carbocycles. The summed E-state index contributed by atoms with van der Waals surface area (Å²) < 4.78 is 19.1. The van der Waals surface area contributed by atoms with Gasteiger partial charge in [0, 0.05) is 24.7 Å². The monoisotopic (exact) mass is 288 g/mol. The Morgan fingerprint density at radius 2 is 1.30 bits per heavy atom. The van der Waals surface area contributed by atoms with Crippen LogP contribution in [0.1, 0.15) is 26.7 Å². The molecule has 7 nitrogen and oxygen atoms in total. The van der Waals surface area contributed by atoms with Gasteiger partial charge in [-0.15, -0.1) is 0 Å². The van der Waals surface area contributed by atoms with Crippen molar-refractivity contribution in [3.8, 4) is 0 Å². The number of Topliss-reactive ketones (excluding diaryl/α,β-unsaturated/α-hetero) is 1. The molecule has 1 saturated carbocycles. The zero-order valence-corrected chi connectivity index (χ0v) is 11.8. The highest BCUT2D eigenvalue weighted by molar-refractivity contribution is 5.81. The summed E-state index contributed by atoms with van der Waals surface area (Å²) in [6.07, 6.45) is -0.874. The molecule has 2 atom stereocenters. The molecule has 0 spiro atoms. The molecule has 0 aromatic rings. The van der Waals surface area contributed by atoms with Gasteiger partial charge in [0.25, 0.3) is 0 Å². The van der Waals surface area contributed by atoms with E-state index in [9.17, 15) is 14.4 Å². The van der Waals surface area contributed by atoms with E-state index in [0.717, 1.165) is 0 Å². The fourth-order valence-electron chi connectivity index (χ4n) is 2.06. The van der Waals surface area contributed by atoms with Gasteiger partial charge in [-0.25, -0.2) is 9.59 Å². The van der Waals surface area contributed by atoms with Crippen molar-refractivity contribution in [2.75, 3.05) is 26.4 Å². The van der Waals surface area contributed by atoms with Crippen molar-refractivity contribution in [1.29, 1.82) is 0 Å². The maximum Gasteiger partial charge on any atom is 0.508 e. The number of carbonyl (C=O) groups is 3. The minimum Gasteiger partial charge on any atom is -0.435 e. The molecule has 0 saturated heterocycles. The van der Waals surface area contributed by atoms with Crippen molar-refractivity contribution in [3.05, 3.63) is 0 Å². The van der Waals surface area contributed by atoms with Gasteiger partial charge in [0.2, 0.25) is 0 Å². The van der Waals surface area contributed by atoms with E-state index < -0.39 is 12.3 Å². The largest absolute Gasteiger partial charge is 0.508 e. The van der Waals surface area contributed by atoms with Crippen LogP contribution in [-0.2, 0) is 23.7 Å². The molecule has 7 heteroatoms. The van der Waals surface area contributed by atoms with Crippen LogP contribution in [0.5, 0.6) is 0 Å². The number of hydrogen-bond acceptors (Lipinski definition) is 7. The third kappa shape index (κ3) is 5.46. The summed E-state index contributed by atoms with van der Waals surface area (Å²) in [5.41, 5.74) is 0. The SMILES string of the molecule is CCOC(=O)OCC1CC(=O)CC1COC(=O)OCC. The highest BCUT2D eigenvalue weighted by Gasteiger charge is 2.35. The van der Waals surface area contributed by atoms with Crippen LogP contribution in [0.3, 0.4) is 0 Å². The molecule has 0 bridgehead atoms. The second-order valence-corrected chi connectivity index (χ2v) is 4.46. The fraction of sp³-hybridized carbons (Fsp3) is 0.769. The van der Waals surface area contributed by atoms with Crippen LogP contribution in [0.15, 0.2) is 0 Å². The molecule has 1 aliphatic rings. The van der Waals surface area contributed by atoms with E-state index in [1.54, 1.807) is 13.8 Å². The van der Waals surface area contributed by atoms with Crippen molar-refractivity contribution < 1.29 is 33.3 Å². The second kappa shape index (κ2) is 8.39. The van der Waals surface area contributed by atoms with Gasteiger partial charge in [0.15, 0.2) is 0 Å². The van der Waals surface area contributed by atoms with E-state index in [1.165, 1.54) is 0 Å². The Labute approximate surface area is 117 Å². The molecule has 1 aliphatic carbocycles. The Bertz CT molecular complexity index is 321. The standard InChI is InChI=1S/C13H20O7/c1-3-17-12(15)19-7-9-5-11(14)6-10(9)8-20-13(16)18-4-2/h9-10H,3-8H2,1-2H3. The van der Waals surface area contributed by atoms with Crippen LogP contribution in [0, 0.1) is 11.8 Å². The third-order valence-corrected chi connectivity index (χ3v) is 3.00. The maximum atomic E-state index is 11.5. The van der Waals surface area contributed by atoms with E-state index in [-0.39, 0.29) is 44.0 Å². The smallest absolute Gasteiger partial charge is 0.435 e. The average molecular weight is 288 g/mol. The minimum absolute atomic E-state index is 0.0694. The molecule has 0 heterocycles. The molecule has 1 fully saturated rings. The van der Waals surface area contributed by atoms with Gasteiger partial charge in [-0.2, -0.15) is 0 Å². The molecule has 0 radical (unpaired) electrons. The average Bonchev–Trinajstić information content (AvgIpc) is 2.75. The van der Waals surface area contributed by atoms with Crippen molar-refractivity contribution >= 4 is 18.1 Å². The minimum atomic E-state index is -0.753. The highest BCUT2D eigenvalue weighted by Crippen LogP contribution is 2.30. The van der Waals surface area contributed by atoms with Gasteiger partial charge < -0.3 is 18.9 Å². The van der Waals surface area contributed by atoms with E-state index in [2.05, 4.69) is 9.47 Å². The summed E-state index contributed by atoms with van der Waals surface area (Å²) >= 11 is 0. The van der Waals surface area contributed by atoms with Gasteiger partial charge in [0.1, 0.15) is 5.78 Å². The third-order valence-electron chi connectivity index (χ3n) is 3.00. The lowest BCUT2D eigenvalue weighted by atomic mass is 9.98. The number of ether oxygens (including phenoxy) is 4. The van der Waals surface area contributed by atoms with Gasteiger partial charge in [-0.05, 0) is 13.8 Å². The van der Waals surface area contributed by atoms with E-state index in [1.807, 2.05) is 0 Å². The van der Waals surface area contributed by atoms with Gasteiger partial charge in [0.05, 0.1) is 26.4 Å². The maximum absolute atomic E-state index is 11.5. The lowest BCUT2D eigenvalue weighted by Crippen LogP contribution is -2.23. The summed E-state index contributed by atoms with van der Waals surface area (Å²) in [6.45, 7) is 3.99. The lowest BCUT2D eigenvalue weighted by Gasteiger charge is -2.18. The van der Waals surface area contributed by atoms with E-state index in [4.69, 9.17) is 9.47 Å². The Morgan fingerprint density at radius 1 is 0.900 bits per heavy atom. The van der Waals surface area contributed by atoms with Crippen molar-refractivity contribution in [3.63, 3.8) is 0 Å². The molecule has 0 aromatic heterocycles. The first-order valence-corrected chi connectivity index (χ1v) is 6.67. The summed E-state index contributed by atoms with van der Waals surface area (Å²) in [5, 5.41) is 0. The molecule has 114 valence electrons. The normalized spacial score (nSPS) is 21.4. The van der Waals surface area contributed by atoms with Crippen LogP contribution in [0.25, 0.3) is 0 Å². The number of rotatable bonds is 6. The van der Waals surface area contributed by atoms with Gasteiger partial charge in [-0.1, -0.05) is 0 Å². The molecule has 0 amide bonds. The number of carbonyl (C=O) groups excluding carboxylic acids is 3. The van der Waals surface area contributed by atoms with Crippen LogP contribution in [0.2, 0.25) is 0 Å². The second-order valence-electron chi connectivity index (χ2n) is 4.46. The molecule has 0 aliphatic heterocycles. The molecule has 20 heavy (non-hydrogen) atoms. The Morgan fingerprint density at radius 3 is 1.65 bits per heavy atom. The Hall–Kier alpha value is -1.79. The quantitative estimate of drug-likeness (QED) is 0.690. The van der Waals surface area contributed by atoms with Crippen molar-refractivity contribution in [2.45, 2.75) is 26.7 Å². The predicted molar refractivity (Wildman–Crippen MR) is 67.2 cm³/mol. The van der Waals surface area contributed by atoms with Crippen LogP contribution >= 0.6 is 0 Å². The zero-order chi connectivity index (χ0) is 15.0. The van der Waals surface area contributed by atoms with Gasteiger partial charge >= 0.3 is 12.3 Å². The van der Waals surface area contributed by atoms with E-state index in [0.29, 0.717) is 12.8 Å². The summed E-state index contributed by atoms with van der Waals surface area (Å²) in [5.74, 6) is -0.234. The number of hydrogen-bond donors (Lipinski definition) is 0. The lowest BCUT2D eigenvalue weighted by molar-refractivity contribution is -0.118. The first-order chi connectivity index (χ1) is 9.56. The molecular weight excluding hydrogens is 268 g/mol. The van der Waals surface area contributed by atoms with Crippen LogP contribution in [-0.4, -0.2) is 44.5 Å². The van der Waals surface area contributed by atoms with E-state index >= 15 is 0 Å². The number of ketones is 1. The molecule has 0 N–H and O–H groups in total. The molecule has 1 rings (SSSR count). The Kier molecular flexibility index (Phi) is 6.83. The molecular formula is C13H20O7. The summed E-state index contributed by atoms with van der Waals surface area (Å²) in [4.78, 5) is 33.7. The van der Waals surface area contributed by atoms with Crippen LogP contribution in [0.4, 0.5) is 9.59 Å². The van der Waals surface area contributed by atoms with Crippen LogP contribution < -0.4 is 0 Å². The topological polar surface area (TPSA) is 88.1 Å². The van der Waals surface area contributed by atoms with Crippen molar-refractivity contribution in [2.24, 2.45) is 11.8 Å². The van der Waals surface area contributed by atoms with Crippen molar-refractivity contribution in [1.82, 2.24) is 0 Å².